The van der Waals surface area contributed by atoms with Crippen molar-refractivity contribution in [1.82, 2.24) is 10.3 Å². The lowest BCUT2D eigenvalue weighted by molar-refractivity contribution is -0.00461. The SMILES string of the molecule is CCNCc1cnc(N2CC(OC)C(OC)C2)c(Cl)c1. The second-order valence-electron chi connectivity index (χ2n) is 4.88. The smallest absolute Gasteiger partial charge is 0.147 e. The second kappa shape index (κ2) is 7.22. The Morgan fingerprint density at radius 3 is 2.50 bits per heavy atom. The molecule has 0 spiro atoms. The molecule has 6 heteroatoms. The van der Waals surface area contributed by atoms with Gasteiger partial charge in [-0.2, -0.15) is 0 Å². The van der Waals surface area contributed by atoms with E-state index in [-0.39, 0.29) is 12.2 Å². The Morgan fingerprint density at radius 1 is 1.35 bits per heavy atom. The molecule has 0 amide bonds. The van der Waals surface area contributed by atoms with Crippen LogP contribution in [0, 0.1) is 0 Å². The topological polar surface area (TPSA) is 46.6 Å². The van der Waals surface area contributed by atoms with Crippen molar-refractivity contribution in [2.24, 2.45) is 0 Å². The standard InChI is InChI=1S/C14H22ClN3O2/c1-4-16-6-10-5-11(15)14(17-7-10)18-8-12(19-2)13(9-18)20-3/h5,7,12-13,16H,4,6,8-9H2,1-3H3. The van der Waals surface area contributed by atoms with Crippen LogP contribution >= 0.6 is 11.6 Å². The summed E-state index contributed by atoms with van der Waals surface area (Å²) in [4.78, 5) is 6.61. The molecule has 1 aliphatic heterocycles. The van der Waals surface area contributed by atoms with Crippen molar-refractivity contribution in [2.45, 2.75) is 25.7 Å². The van der Waals surface area contributed by atoms with Gasteiger partial charge in [-0.05, 0) is 18.2 Å². The van der Waals surface area contributed by atoms with Gasteiger partial charge in [-0.15, -0.1) is 0 Å². The molecule has 20 heavy (non-hydrogen) atoms. The average molecular weight is 300 g/mol. The summed E-state index contributed by atoms with van der Waals surface area (Å²) >= 11 is 6.36. The lowest BCUT2D eigenvalue weighted by Gasteiger charge is -2.18. The summed E-state index contributed by atoms with van der Waals surface area (Å²) in [6, 6.07) is 1.97. The molecular formula is C14H22ClN3O2. The third-order valence-electron chi connectivity index (χ3n) is 3.58. The number of nitrogens with one attached hydrogen (secondary N) is 1. The van der Waals surface area contributed by atoms with Crippen molar-refractivity contribution in [3.05, 3.63) is 22.8 Å². The molecule has 0 radical (unpaired) electrons. The molecule has 112 valence electrons. The Balaban J connectivity index is 2.09. The summed E-state index contributed by atoms with van der Waals surface area (Å²) in [5.41, 5.74) is 1.09. The van der Waals surface area contributed by atoms with Crippen LogP contribution in [0.25, 0.3) is 0 Å². The summed E-state index contributed by atoms with van der Waals surface area (Å²) in [7, 11) is 3.41. The van der Waals surface area contributed by atoms with Crippen molar-refractivity contribution >= 4 is 17.4 Å². The number of halogens is 1. The minimum atomic E-state index is 0.0549. The van der Waals surface area contributed by atoms with Crippen LogP contribution in [0.2, 0.25) is 5.02 Å². The van der Waals surface area contributed by atoms with E-state index >= 15 is 0 Å². The summed E-state index contributed by atoms with van der Waals surface area (Å²) in [6.45, 7) is 5.27. The summed E-state index contributed by atoms with van der Waals surface area (Å²) in [5, 5.41) is 3.93. The number of hydrogen-bond donors (Lipinski definition) is 1. The average Bonchev–Trinajstić information content (AvgIpc) is 2.88. The number of rotatable bonds is 6. The summed E-state index contributed by atoms with van der Waals surface area (Å²) in [6.07, 6.45) is 1.98. The van der Waals surface area contributed by atoms with Gasteiger partial charge < -0.3 is 19.7 Å². The van der Waals surface area contributed by atoms with Gasteiger partial charge in [0.05, 0.1) is 5.02 Å². The summed E-state index contributed by atoms with van der Waals surface area (Å²) < 4.78 is 10.9. The van der Waals surface area contributed by atoms with Crippen molar-refractivity contribution in [1.29, 1.82) is 0 Å². The molecule has 1 aliphatic rings. The Kier molecular flexibility index (Phi) is 5.60. The van der Waals surface area contributed by atoms with Gasteiger partial charge in [-0.3, -0.25) is 0 Å². The minimum absolute atomic E-state index is 0.0549. The number of methoxy groups -OCH3 is 2. The summed E-state index contributed by atoms with van der Waals surface area (Å²) in [5.74, 6) is 0.800. The largest absolute Gasteiger partial charge is 0.377 e. The third kappa shape index (κ3) is 3.41. The van der Waals surface area contributed by atoms with E-state index < -0.39 is 0 Å². The van der Waals surface area contributed by atoms with Crippen LogP contribution in [0.3, 0.4) is 0 Å². The lowest BCUT2D eigenvalue weighted by atomic mass is 10.2. The number of nitrogens with zero attached hydrogens (tertiary/aromatic N) is 2. The van der Waals surface area contributed by atoms with Gasteiger partial charge in [-0.25, -0.2) is 4.98 Å². The first-order chi connectivity index (χ1) is 9.69. The molecule has 1 N–H and O–H groups in total. The molecule has 0 aliphatic carbocycles. The number of ether oxygens (including phenoxy) is 2. The van der Waals surface area contributed by atoms with Gasteiger partial charge in [0.2, 0.25) is 0 Å². The number of anilines is 1. The van der Waals surface area contributed by atoms with Crippen LogP contribution in [-0.4, -0.2) is 51.0 Å². The van der Waals surface area contributed by atoms with Gasteiger partial charge >= 0.3 is 0 Å². The molecule has 1 fully saturated rings. The van der Waals surface area contributed by atoms with Gasteiger partial charge in [-0.1, -0.05) is 18.5 Å². The van der Waals surface area contributed by atoms with E-state index in [9.17, 15) is 0 Å². The minimum Gasteiger partial charge on any atom is -0.377 e. The first-order valence-corrected chi connectivity index (χ1v) is 7.23. The van der Waals surface area contributed by atoms with Crippen LogP contribution in [-0.2, 0) is 16.0 Å². The van der Waals surface area contributed by atoms with Crippen LogP contribution in [0.1, 0.15) is 12.5 Å². The van der Waals surface area contributed by atoms with E-state index in [4.69, 9.17) is 21.1 Å². The van der Waals surface area contributed by atoms with E-state index in [1.807, 2.05) is 12.3 Å². The number of hydrogen-bond acceptors (Lipinski definition) is 5. The molecule has 0 aromatic carbocycles. The highest BCUT2D eigenvalue weighted by Gasteiger charge is 2.34. The highest BCUT2D eigenvalue weighted by molar-refractivity contribution is 6.33. The van der Waals surface area contributed by atoms with E-state index in [1.54, 1.807) is 14.2 Å². The number of aromatic nitrogens is 1. The van der Waals surface area contributed by atoms with Crippen LogP contribution < -0.4 is 10.2 Å². The first-order valence-electron chi connectivity index (χ1n) is 6.85. The fourth-order valence-corrected chi connectivity index (χ4v) is 2.75. The van der Waals surface area contributed by atoms with E-state index in [0.717, 1.165) is 37.6 Å². The maximum Gasteiger partial charge on any atom is 0.147 e. The molecule has 0 bridgehead atoms. The zero-order valence-electron chi connectivity index (χ0n) is 12.2. The van der Waals surface area contributed by atoms with Crippen molar-refractivity contribution in [2.75, 3.05) is 38.8 Å². The van der Waals surface area contributed by atoms with Gasteiger partial charge in [0.25, 0.3) is 0 Å². The zero-order chi connectivity index (χ0) is 14.5. The fraction of sp³-hybridized carbons (Fsp3) is 0.643. The fourth-order valence-electron chi connectivity index (χ4n) is 2.44. The lowest BCUT2D eigenvalue weighted by Crippen LogP contribution is -2.27. The van der Waals surface area contributed by atoms with Crippen LogP contribution in [0.5, 0.6) is 0 Å². The van der Waals surface area contributed by atoms with Gasteiger partial charge in [0.1, 0.15) is 18.0 Å². The van der Waals surface area contributed by atoms with E-state index in [0.29, 0.717) is 5.02 Å². The monoisotopic (exact) mass is 299 g/mol. The predicted molar refractivity (Wildman–Crippen MR) is 80.4 cm³/mol. The molecule has 0 saturated carbocycles. The van der Waals surface area contributed by atoms with Gasteiger partial charge in [0.15, 0.2) is 0 Å². The highest BCUT2D eigenvalue weighted by atomic mass is 35.5. The van der Waals surface area contributed by atoms with E-state index in [2.05, 4.69) is 22.1 Å². The molecule has 2 rings (SSSR count). The molecule has 1 aromatic rings. The first kappa shape index (κ1) is 15.5. The Labute approximate surface area is 125 Å². The van der Waals surface area contributed by atoms with Gasteiger partial charge in [0, 0.05) is 40.1 Å². The Hall–Kier alpha value is -0.880. The van der Waals surface area contributed by atoms with Crippen molar-refractivity contribution < 1.29 is 9.47 Å². The highest BCUT2D eigenvalue weighted by Crippen LogP contribution is 2.28. The van der Waals surface area contributed by atoms with Crippen LogP contribution in [0.15, 0.2) is 12.3 Å². The molecular weight excluding hydrogens is 278 g/mol. The third-order valence-corrected chi connectivity index (χ3v) is 3.86. The maximum absolute atomic E-state index is 6.36. The Morgan fingerprint density at radius 2 is 2.00 bits per heavy atom. The Bertz CT molecular complexity index is 432. The molecule has 5 nitrogen and oxygen atoms in total. The molecule has 2 unspecified atom stereocenters. The van der Waals surface area contributed by atoms with Crippen molar-refractivity contribution in [3.8, 4) is 0 Å². The normalized spacial score (nSPS) is 22.5. The second-order valence-corrected chi connectivity index (χ2v) is 5.29. The van der Waals surface area contributed by atoms with Crippen molar-refractivity contribution in [3.63, 3.8) is 0 Å². The molecule has 2 atom stereocenters. The predicted octanol–water partition coefficient (Wildman–Crippen LogP) is 1.69. The molecule has 1 saturated heterocycles. The van der Waals surface area contributed by atoms with E-state index in [1.165, 1.54) is 0 Å². The number of pyridine rings is 1. The molecule has 2 heterocycles. The maximum atomic E-state index is 6.36. The van der Waals surface area contributed by atoms with Crippen LogP contribution in [0.4, 0.5) is 5.82 Å². The quantitative estimate of drug-likeness (QED) is 0.866. The molecule has 1 aromatic heterocycles. The zero-order valence-corrected chi connectivity index (χ0v) is 13.0.